The largest absolute Gasteiger partial charge is 0.453 e. The van der Waals surface area contributed by atoms with Gasteiger partial charge in [0.1, 0.15) is 23.7 Å². The van der Waals surface area contributed by atoms with Crippen LogP contribution in [0.25, 0.3) is 44.3 Å². The molecule has 2 fully saturated rings. The fourth-order valence-corrected chi connectivity index (χ4v) is 9.43. The summed E-state index contributed by atoms with van der Waals surface area (Å²) in [6, 6.07) is 24.8. The zero-order valence-electron chi connectivity index (χ0n) is 37.3. The van der Waals surface area contributed by atoms with Gasteiger partial charge in [-0.15, -0.1) is 0 Å². The van der Waals surface area contributed by atoms with Crippen molar-refractivity contribution in [3.05, 3.63) is 107 Å². The van der Waals surface area contributed by atoms with Crippen molar-refractivity contribution in [1.29, 1.82) is 0 Å². The van der Waals surface area contributed by atoms with E-state index in [1.54, 1.807) is 9.80 Å². The van der Waals surface area contributed by atoms with E-state index in [0.29, 0.717) is 13.1 Å². The lowest BCUT2D eigenvalue weighted by molar-refractivity contribution is -0.143. The number of carbonyl (C=O) groups is 4. The standard InChI is InChI=1S/C50H56N8O6/c1-27(2)43(55-49(61)63-5)47(59)57-21-19-41(57)45-51-37-17-15-33(25-39(37)53-45)35-23-29-7-11-31(35)13-9-30-8-12-32(14-10-29)36(24-30)34-16-18-38-40(26-34)54-46(52-38)42-20-22-58(42)48(60)44(28(3)4)56-50(62)64-6/h7-8,11-12,15-18,23-28,41-44H,9-10,13-14,19-22H2,1-6H3,(H,51,53)(H,52,54)(H,55,61)(H,56,62). The minimum Gasteiger partial charge on any atom is -0.453 e. The van der Waals surface area contributed by atoms with Gasteiger partial charge in [-0.25, -0.2) is 19.6 Å². The first kappa shape index (κ1) is 42.6. The Morgan fingerprint density at radius 3 is 1.38 bits per heavy atom. The molecule has 4 bridgehead atoms. The number of carbonyl (C=O) groups excluding carboxylic acids is 4. The zero-order valence-corrected chi connectivity index (χ0v) is 37.3. The average molecular weight is 865 g/mol. The number of hydrogen-bond donors (Lipinski definition) is 4. The van der Waals surface area contributed by atoms with Gasteiger partial charge in [0.15, 0.2) is 0 Å². The average Bonchev–Trinajstić information content (AvgIpc) is 3.86. The van der Waals surface area contributed by atoms with Crippen LogP contribution in [0.15, 0.2) is 72.8 Å². The number of fused-ring (bicyclic) bond motifs is 2. The quantitative estimate of drug-likeness (QED) is 0.107. The van der Waals surface area contributed by atoms with Crippen molar-refractivity contribution >= 4 is 46.1 Å². The molecule has 14 heteroatoms. The van der Waals surface area contributed by atoms with Crippen molar-refractivity contribution in [1.82, 2.24) is 40.4 Å². The highest BCUT2D eigenvalue weighted by Gasteiger charge is 2.41. The van der Waals surface area contributed by atoms with Crippen LogP contribution < -0.4 is 10.6 Å². The van der Waals surface area contributed by atoms with E-state index in [4.69, 9.17) is 19.4 Å². The summed E-state index contributed by atoms with van der Waals surface area (Å²) >= 11 is 0. The Morgan fingerprint density at radius 2 is 1.02 bits per heavy atom. The highest BCUT2D eigenvalue weighted by molar-refractivity contribution is 5.89. The molecule has 2 aliphatic heterocycles. The lowest BCUT2D eigenvalue weighted by Gasteiger charge is -2.42. The number of rotatable bonds is 10. The van der Waals surface area contributed by atoms with E-state index < -0.39 is 24.3 Å². The molecule has 4 aliphatic carbocycles. The number of alkyl carbamates (subject to hydrolysis) is 2. The van der Waals surface area contributed by atoms with Crippen molar-refractivity contribution in [2.45, 2.75) is 90.4 Å². The third kappa shape index (κ3) is 8.17. The Hall–Kier alpha value is -6.70. The van der Waals surface area contributed by atoms with Gasteiger partial charge in [0.25, 0.3) is 0 Å². The van der Waals surface area contributed by atoms with Crippen LogP contribution in [0.2, 0.25) is 0 Å². The number of hydrogen-bond acceptors (Lipinski definition) is 8. The van der Waals surface area contributed by atoms with Crippen molar-refractivity contribution in [3.8, 4) is 22.3 Å². The van der Waals surface area contributed by atoms with Gasteiger partial charge in [0, 0.05) is 13.1 Å². The Kier molecular flexibility index (Phi) is 11.6. The number of nitrogens with zero attached hydrogens (tertiary/aromatic N) is 4. The fourth-order valence-electron chi connectivity index (χ4n) is 9.43. The summed E-state index contributed by atoms with van der Waals surface area (Å²) in [5, 5.41) is 5.42. The summed E-state index contributed by atoms with van der Waals surface area (Å²) in [4.78, 5) is 71.7. The van der Waals surface area contributed by atoms with Crippen molar-refractivity contribution < 1.29 is 28.7 Å². The van der Waals surface area contributed by atoms with E-state index in [1.165, 1.54) is 47.6 Å². The van der Waals surface area contributed by atoms with Gasteiger partial charge in [-0.2, -0.15) is 0 Å². The second kappa shape index (κ2) is 17.5. The Morgan fingerprint density at radius 1 is 0.594 bits per heavy atom. The van der Waals surface area contributed by atoms with Crippen LogP contribution in [-0.4, -0.2) is 93.1 Å². The topological polar surface area (TPSA) is 175 Å². The SMILES string of the molecule is COC(=O)NC(C(=O)N1CCC1c1nc2ccc(-c3cc4ccc3CCc3ccc(c(-c5ccc6nc(C7CCN7C(=O)C(NC(=O)OC)C(C)C)[nH]c6c5)c3)CC4)cc2[nH]1)C(C)C. The maximum atomic E-state index is 13.6. The molecule has 4 aromatic carbocycles. The number of likely N-dealkylation sites (tertiary alicyclic amines) is 2. The molecule has 12 rings (SSSR count). The van der Waals surface area contributed by atoms with E-state index in [0.717, 1.165) is 83.4 Å². The van der Waals surface area contributed by atoms with Gasteiger partial charge < -0.3 is 39.9 Å². The molecular weight excluding hydrogens is 809 g/mol. The normalized spacial score (nSPS) is 18.0. The molecule has 0 saturated carbocycles. The number of nitrogens with one attached hydrogen (secondary N) is 4. The third-order valence-electron chi connectivity index (χ3n) is 13.4. The molecule has 2 aromatic heterocycles. The molecule has 6 aliphatic rings. The van der Waals surface area contributed by atoms with Gasteiger partial charge in [-0.05, 0) is 119 Å². The number of amides is 4. The molecule has 4 atom stereocenters. The smallest absolute Gasteiger partial charge is 0.407 e. The maximum Gasteiger partial charge on any atom is 0.407 e. The van der Waals surface area contributed by atoms with Crippen LogP contribution in [0, 0.1) is 11.8 Å². The van der Waals surface area contributed by atoms with E-state index in [1.807, 2.05) is 27.7 Å². The molecule has 332 valence electrons. The van der Waals surface area contributed by atoms with Crippen LogP contribution in [0.1, 0.15) is 86.5 Å². The Balaban J connectivity index is 0.928. The van der Waals surface area contributed by atoms with Crippen LogP contribution in [-0.2, 0) is 44.7 Å². The first-order valence-electron chi connectivity index (χ1n) is 22.4. The molecule has 0 radical (unpaired) electrons. The van der Waals surface area contributed by atoms with Crippen LogP contribution in [0.5, 0.6) is 0 Å². The molecular formula is C50H56N8O6. The number of aromatic nitrogens is 4. The van der Waals surface area contributed by atoms with Crippen LogP contribution in [0.3, 0.4) is 0 Å². The molecule has 4 amide bonds. The maximum absolute atomic E-state index is 13.6. The number of benzene rings is 4. The number of imidazole rings is 2. The minimum atomic E-state index is -0.685. The second-order valence-electron chi connectivity index (χ2n) is 18.1. The number of H-pyrrole nitrogens is 2. The number of aryl methyl sites for hydroxylation is 4. The van der Waals surface area contributed by atoms with E-state index in [-0.39, 0.29) is 35.7 Å². The van der Waals surface area contributed by atoms with Gasteiger partial charge in [0.2, 0.25) is 11.8 Å². The summed E-state index contributed by atoms with van der Waals surface area (Å²) in [7, 11) is 2.60. The van der Waals surface area contributed by atoms with Gasteiger partial charge >= 0.3 is 12.2 Å². The van der Waals surface area contributed by atoms with E-state index >= 15 is 0 Å². The molecule has 4 N–H and O–H groups in total. The highest BCUT2D eigenvalue weighted by atomic mass is 16.5. The van der Waals surface area contributed by atoms with Crippen molar-refractivity contribution in [3.63, 3.8) is 0 Å². The van der Waals surface area contributed by atoms with Crippen LogP contribution in [0.4, 0.5) is 9.59 Å². The van der Waals surface area contributed by atoms with Crippen molar-refractivity contribution in [2.75, 3.05) is 27.3 Å². The van der Waals surface area contributed by atoms with Gasteiger partial charge in [0.05, 0.1) is 48.4 Å². The zero-order chi connectivity index (χ0) is 44.8. The molecule has 4 heterocycles. The molecule has 64 heavy (non-hydrogen) atoms. The minimum absolute atomic E-state index is 0.104. The first-order chi connectivity index (χ1) is 30.9. The lowest BCUT2D eigenvalue weighted by Crippen LogP contribution is -2.56. The monoisotopic (exact) mass is 864 g/mol. The second-order valence-corrected chi connectivity index (χ2v) is 18.1. The molecule has 0 spiro atoms. The molecule has 4 unspecified atom stereocenters. The predicted molar refractivity (Wildman–Crippen MR) is 244 cm³/mol. The van der Waals surface area contributed by atoms with Crippen LogP contribution >= 0.6 is 0 Å². The van der Waals surface area contributed by atoms with Gasteiger partial charge in [-0.3, -0.25) is 9.59 Å². The highest BCUT2D eigenvalue weighted by Crippen LogP contribution is 2.38. The summed E-state index contributed by atoms with van der Waals surface area (Å²) < 4.78 is 9.57. The van der Waals surface area contributed by atoms with Crippen molar-refractivity contribution in [2.24, 2.45) is 11.8 Å². The summed E-state index contributed by atoms with van der Waals surface area (Å²) in [5.74, 6) is 1.01. The number of aromatic amines is 2. The Bertz CT molecular complexity index is 2590. The van der Waals surface area contributed by atoms with Gasteiger partial charge in [-0.1, -0.05) is 76.2 Å². The van der Waals surface area contributed by atoms with E-state index in [9.17, 15) is 19.2 Å². The predicted octanol–water partition coefficient (Wildman–Crippen LogP) is 7.97. The summed E-state index contributed by atoms with van der Waals surface area (Å²) in [6.45, 7) is 8.84. The summed E-state index contributed by atoms with van der Waals surface area (Å²) in [6.07, 6.45) is 3.80. The Labute approximate surface area is 372 Å². The van der Waals surface area contributed by atoms with E-state index in [2.05, 4.69) is 93.4 Å². The molecule has 6 aromatic rings. The lowest BCUT2D eigenvalue weighted by atomic mass is 9.87. The fraction of sp³-hybridized carbons (Fsp3) is 0.400. The first-order valence-corrected chi connectivity index (χ1v) is 22.4. The number of ether oxygens (including phenoxy) is 2. The number of methoxy groups -OCH3 is 2. The third-order valence-corrected chi connectivity index (χ3v) is 13.4. The molecule has 2 saturated heterocycles. The molecule has 14 nitrogen and oxygen atoms in total. The summed E-state index contributed by atoms with van der Waals surface area (Å²) in [5.41, 5.74) is 13.3.